The van der Waals surface area contributed by atoms with Gasteiger partial charge in [0.15, 0.2) is 0 Å². The molecule has 0 radical (unpaired) electrons. The molecule has 3 heterocycles. The molecule has 0 bridgehead atoms. The van der Waals surface area contributed by atoms with Crippen molar-refractivity contribution in [2.75, 3.05) is 0 Å². The molecule has 98 valence electrons. The zero-order valence-corrected chi connectivity index (χ0v) is 11.7. The third-order valence-electron chi connectivity index (χ3n) is 3.38. The molecule has 0 atom stereocenters. The summed E-state index contributed by atoms with van der Waals surface area (Å²) in [5.74, 6) is 0. The Hall–Kier alpha value is -2.10. The number of nitrogens with one attached hydrogen (secondary N) is 2. The van der Waals surface area contributed by atoms with Gasteiger partial charge in [0.25, 0.3) is 0 Å². The first-order chi connectivity index (χ1) is 8.95. The Balaban J connectivity index is 2.21. The van der Waals surface area contributed by atoms with Crippen molar-refractivity contribution in [2.24, 2.45) is 0 Å². The molecule has 4 heteroatoms. The molecule has 0 aliphatic rings. The van der Waals surface area contributed by atoms with Crippen LogP contribution in [0.4, 0.5) is 0 Å². The van der Waals surface area contributed by atoms with Gasteiger partial charge in [0.05, 0.1) is 5.69 Å². The van der Waals surface area contributed by atoms with Gasteiger partial charge < -0.3 is 4.98 Å². The third kappa shape index (κ3) is 2.03. The van der Waals surface area contributed by atoms with Crippen molar-refractivity contribution in [1.29, 1.82) is 0 Å². The molecule has 3 rings (SSSR count). The number of nitrogens with zero attached hydrogens (tertiary/aromatic N) is 2. The second-order valence-electron chi connectivity index (χ2n) is 6.01. The molecule has 4 nitrogen and oxygen atoms in total. The first-order valence-corrected chi connectivity index (χ1v) is 6.45. The average Bonchev–Trinajstić information content (AvgIpc) is 2.92. The summed E-state index contributed by atoms with van der Waals surface area (Å²) in [5, 5.41) is 8.43. The molecule has 3 aromatic heterocycles. The minimum Gasteiger partial charge on any atom is -0.345 e. The van der Waals surface area contributed by atoms with Gasteiger partial charge in [-0.3, -0.25) is 5.10 Å². The van der Waals surface area contributed by atoms with Crippen molar-refractivity contribution in [1.82, 2.24) is 20.2 Å². The molecule has 3 aromatic rings. The maximum Gasteiger partial charge on any atom is 0.137 e. The fourth-order valence-electron chi connectivity index (χ4n) is 2.18. The number of hydrogen-bond acceptors (Lipinski definition) is 2. The minimum absolute atomic E-state index is 0.0945. The summed E-state index contributed by atoms with van der Waals surface area (Å²) in [6.07, 6.45) is 3.91. The van der Waals surface area contributed by atoms with Gasteiger partial charge in [-0.1, -0.05) is 20.8 Å². The highest BCUT2D eigenvalue weighted by atomic mass is 15.1. The molecule has 0 unspecified atom stereocenters. The molecular weight excluding hydrogens is 236 g/mol. The van der Waals surface area contributed by atoms with Gasteiger partial charge in [-0.25, -0.2) is 4.98 Å². The summed E-state index contributed by atoms with van der Waals surface area (Å²) in [6, 6.07) is 4.25. The van der Waals surface area contributed by atoms with E-state index in [0.29, 0.717) is 0 Å². The Morgan fingerprint density at radius 2 is 1.95 bits per heavy atom. The third-order valence-corrected chi connectivity index (χ3v) is 3.38. The monoisotopic (exact) mass is 254 g/mol. The van der Waals surface area contributed by atoms with Crippen LogP contribution in [-0.4, -0.2) is 20.2 Å². The molecule has 19 heavy (non-hydrogen) atoms. The van der Waals surface area contributed by atoms with Crippen molar-refractivity contribution in [3.8, 4) is 11.3 Å². The average molecular weight is 254 g/mol. The highest BCUT2D eigenvalue weighted by Gasteiger charge is 2.17. The van der Waals surface area contributed by atoms with E-state index in [4.69, 9.17) is 0 Å². The lowest BCUT2D eigenvalue weighted by molar-refractivity contribution is 0.588. The van der Waals surface area contributed by atoms with Crippen LogP contribution in [0.25, 0.3) is 22.3 Å². The highest BCUT2D eigenvalue weighted by Crippen LogP contribution is 2.30. The molecule has 0 aliphatic heterocycles. The largest absolute Gasteiger partial charge is 0.345 e. The summed E-state index contributed by atoms with van der Waals surface area (Å²) in [4.78, 5) is 7.72. The minimum atomic E-state index is 0.0945. The topological polar surface area (TPSA) is 57.4 Å². The molecule has 2 N–H and O–H groups in total. The summed E-state index contributed by atoms with van der Waals surface area (Å²) < 4.78 is 0. The van der Waals surface area contributed by atoms with Crippen LogP contribution in [0, 0.1) is 6.92 Å². The van der Waals surface area contributed by atoms with Crippen molar-refractivity contribution in [2.45, 2.75) is 33.1 Å². The van der Waals surface area contributed by atoms with Crippen LogP contribution in [0.1, 0.15) is 32.0 Å². The van der Waals surface area contributed by atoms with Crippen LogP contribution in [0.15, 0.2) is 24.5 Å². The van der Waals surface area contributed by atoms with Crippen molar-refractivity contribution in [3.05, 3.63) is 35.8 Å². The van der Waals surface area contributed by atoms with Gasteiger partial charge in [0.2, 0.25) is 0 Å². The van der Waals surface area contributed by atoms with Crippen molar-refractivity contribution in [3.63, 3.8) is 0 Å². The number of pyridine rings is 1. The van der Waals surface area contributed by atoms with E-state index >= 15 is 0 Å². The molecule has 0 spiro atoms. The SMILES string of the molecule is Cc1cc(-c2c[nH]c3ncc(C(C)(C)C)cc23)n[nH]1. The van der Waals surface area contributed by atoms with Crippen LogP contribution in [-0.2, 0) is 5.41 Å². The number of rotatable bonds is 1. The highest BCUT2D eigenvalue weighted by molar-refractivity contribution is 5.92. The Labute approximate surface area is 112 Å². The molecule has 0 saturated heterocycles. The predicted molar refractivity (Wildman–Crippen MR) is 77.1 cm³/mol. The molecule has 0 fully saturated rings. The second kappa shape index (κ2) is 3.95. The summed E-state index contributed by atoms with van der Waals surface area (Å²) in [5.41, 5.74) is 5.34. The van der Waals surface area contributed by atoms with Crippen LogP contribution < -0.4 is 0 Å². The number of aromatic amines is 2. The van der Waals surface area contributed by atoms with Crippen LogP contribution >= 0.6 is 0 Å². The Morgan fingerprint density at radius 1 is 1.16 bits per heavy atom. The van der Waals surface area contributed by atoms with Crippen LogP contribution in [0.5, 0.6) is 0 Å². The van der Waals surface area contributed by atoms with Crippen LogP contribution in [0.3, 0.4) is 0 Å². The van der Waals surface area contributed by atoms with E-state index in [2.05, 4.69) is 47.0 Å². The Kier molecular flexibility index (Phi) is 2.49. The Morgan fingerprint density at radius 3 is 2.58 bits per heavy atom. The van der Waals surface area contributed by atoms with E-state index in [-0.39, 0.29) is 5.41 Å². The number of H-pyrrole nitrogens is 2. The van der Waals surface area contributed by atoms with E-state index < -0.39 is 0 Å². The van der Waals surface area contributed by atoms with Crippen molar-refractivity contribution < 1.29 is 0 Å². The number of hydrogen-bond donors (Lipinski definition) is 2. The number of aromatic nitrogens is 4. The van der Waals surface area contributed by atoms with Gasteiger partial charge in [-0.15, -0.1) is 0 Å². The molecule has 0 aliphatic carbocycles. The number of aryl methyl sites for hydroxylation is 1. The normalized spacial score (nSPS) is 12.2. The lowest BCUT2D eigenvalue weighted by atomic mass is 9.87. The number of fused-ring (bicyclic) bond motifs is 1. The van der Waals surface area contributed by atoms with E-state index in [1.54, 1.807) is 0 Å². The van der Waals surface area contributed by atoms with Gasteiger partial charge in [0, 0.05) is 29.0 Å². The zero-order chi connectivity index (χ0) is 13.6. The first-order valence-electron chi connectivity index (χ1n) is 6.45. The lowest BCUT2D eigenvalue weighted by Crippen LogP contribution is -2.11. The van der Waals surface area contributed by atoms with Crippen molar-refractivity contribution >= 4 is 11.0 Å². The summed E-state index contributed by atoms with van der Waals surface area (Å²) in [6.45, 7) is 8.59. The molecule has 0 amide bonds. The maximum atomic E-state index is 4.51. The lowest BCUT2D eigenvalue weighted by Gasteiger charge is -2.18. The second-order valence-corrected chi connectivity index (χ2v) is 6.01. The van der Waals surface area contributed by atoms with E-state index in [9.17, 15) is 0 Å². The van der Waals surface area contributed by atoms with Gasteiger partial charge in [-0.05, 0) is 30.0 Å². The molecule has 0 saturated carbocycles. The van der Waals surface area contributed by atoms with Gasteiger partial charge in [0.1, 0.15) is 5.65 Å². The van der Waals surface area contributed by atoms with E-state index in [1.807, 2.05) is 25.4 Å². The quantitative estimate of drug-likeness (QED) is 0.697. The van der Waals surface area contributed by atoms with Gasteiger partial charge >= 0.3 is 0 Å². The first kappa shape index (κ1) is 12.0. The summed E-state index contributed by atoms with van der Waals surface area (Å²) >= 11 is 0. The van der Waals surface area contributed by atoms with E-state index in [1.165, 1.54) is 5.56 Å². The van der Waals surface area contributed by atoms with Gasteiger partial charge in [-0.2, -0.15) is 5.10 Å². The molecular formula is C15H18N4. The smallest absolute Gasteiger partial charge is 0.137 e. The molecule has 0 aromatic carbocycles. The standard InChI is InChI=1S/C15H18N4/c1-9-5-13(19-18-9)12-8-17-14-11(12)6-10(7-16-14)15(2,3)4/h5-8H,1-4H3,(H,16,17)(H,18,19). The fourth-order valence-corrected chi connectivity index (χ4v) is 2.18. The predicted octanol–water partition coefficient (Wildman–Crippen LogP) is 3.56. The Bertz CT molecular complexity index is 728. The fraction of sp³-hybridized carbons (Fsp3) is 0.333. The zero-order valence-electron chi connectivity index (χ0n) is 11.7. The van der Waals surface area contributed by atoms with E-state index in [0.717, 1.165) is 28.0 Å². The van der Waals surface area contributed by atoms with Crippen LogP contribution in [0.2, 0.25) is 0 Å². The summed E-state index contributed by atoms with van der Waals surface area (Å²) in [7, 11) is 0. The maximum absolute atomic E-state index is 4.51.